The maximum absolute atomic E-state index is 13.3. The number of fused-ring (bicyclic) bond motifs is 5. The Hall–Kier alpha value is -3.03. The number of hydrogen-bond acceptors (Lipinski definition) is 5. The SMILES string of the molecule is Cc1ccc(S(=O)(=O)NCc2oc3c(c2C)C(=O)C(=O)c2c-3ccc3c2CCCC3(C)C)cc1. The van der Waals surface area contributed by atoms with E-state index in [1.165, 1.54) is 0 Å². The Labute approximate surface area is 199 Å². The van der Waals surface area contributed by atoms with Crippen LogP contribution in [0.4, 0.5) is 0 Å². The Kier molecular flexibility index (Phi) is 5.18. The first-order valence-electron chi connectivity index (χ1n) is 11.5. The first kappa shape index (κ1) is 22.7. The zero-order valence-electron chi connectivity index (χ0n) is 19.7. The average Bonchev–Trinajstić information content (AvgIpc) is 3.12. The fourth-order valence-electron chi connectivity index (χ4n) is 5.21. The number of Topliss-reactive ketones (excluding diaryl/α,β-unsaturated/α-hetero) is 2. The molecule has 0 unspecified atom stereocenters. The number of furan rings is 1. The molecule has 0 radical (unpaired) electrons. The zero-order valence-corrected chi connectivity index (χ0v) is 20.6. The molecular weight excluding hydrogens is 450 g/mol. The van der Waals surface area contributed by atoms with Crippen LogP contribution in [0.15, 0.2) is 45.7 Å². The topological polar surface area (TPSA) is 93.4 Å². The summed E-state index contributed by atoms with van der Waals surface area (Å²) in [6.45, 7) is 7.77. The van der Waals surface area contributed by atoms with Gasteiger partial charge in [0.2, 0.25) is 21.6 Å². The van der Waals surface area contributed by atoms with E-state index < -0.39 is 21.6 Å². The molecule has 3 aromatic rings. The minimum absolute atomic E-state index is 0.0648. The molecule has 2 aromatic carbocycles. The van der Waals surface area contributed by atoms with Gasteiger partial charge in [-0.1, -0.05) is 43.7 Å². The second kappa shape index (κ2) is 7.75. The van der Waals surface area contributed by atoms with Gasteiger partial charge in [-0.15, -0.1) is 0 Å². The van der Waals surface area contributed by atoms with Crippen LogP contribution in [0.2, 0.25) is 0 Å². The van der Waals surface area contributed by atoms with Gasteiger partial charge in [0.15, 0.2) is 0 Å². The van der Waals surface area contributed by atoms with E-state index in [1.54, 1.807) is 31.2 Å². The van der Waals surface area contributed by atoms with Gasteiger partial charge in [-0.2, -0.15) is 0 Å². The molecule has 2 aliphatic rings. The van der Waals surface area contributed by atoms with Crippen LogP contribution in [-0.2, 0) is 28.4 Å². The lowest BCUT2D eigenvalue weighted by atomic mass is 9.69. The summed E-state index contributed by atoms with van der Waals surface area (Å²) >= 11 is 0. The van der Waals surface area contributed by atoms with E-state index in [0.717, 1.165) is 36.0 Å². The highest BCUT2D eigenvalue weighted by Gasteiger charge is 2.40. The molecule has 0 saturated carbocycles. The average molecular weight is 478 g/mol. The molecule has 0 bridgehead atoms. The molecule has 0 aliphatic heterocycles. The quantitative estimate of drug-likeness (QED) is 0.532. The molecule has 0 saturated heterocycles. The minimum atomic E-state index is -3.77. The van der Waals surface area contributed by atoms with Crippen molar-refractivity contribution in [1.29, 1.82) is 0 Å². The Morgan fingerprint density at radius 2 is 1.65 bits per heavy atom. The second-order valence-electron chi connectivity index (χ2n) is 9.90. The van der Waals surface area contributed by atoms with Gasteiger partial charge in [-0.25, -0.2) is 13.1 Å². The summed E-state index contributed by atoms with van der Waals surface area (Å²) in [4.78, 5) is 26.6. The Morgan fingerprint density at radius 1 is 0.971 bits per heavy atom. The number of benzene rings is 2. The molecule has 0 spiro atoms. The van der Waals surface area contributed by atoms with E-state index >= 15 is 0 Å². The maximum Gasteiger partial charge on any atom is 0.240 e. The van der Waals surface area contributed by atoms with Crippen molar-refractivity contribution < 1.29 is 22.4 Å². The summed E-state index contributed by atoms with van der Waals surface area (Å²) < 4.78 is 34.1. The molecule has 6 nitrogen and oxygen atoms in total. The van der Waals surface area contributed by atoms with Crippen molar-refractivity contribution in [3.8, 4) is 11.3 Å². The van der Waals surface area contributed by atoms with Crippen molar-refractivity contribution in [2.45, 2.75) is 63.8 Å². The molecule has 0 atom stereocenters. The number of carbonyl (C=O) groups is 2. The molecule has 2 aliphatic carbocycles. The Balaban J connectivity index is 1.55. The molecule has 34 heavy (non-hydrogen) atoms. The summed E-state index contributed by atoms with van der Waals surface area (Å²) in [6, 6.07) is 10.5. The van der Waals surface area contributed by atoms with E-state index in [0.29, 0.717) is 28.2 Å². The molecule has 7 heteroatoms. The van der Waals surface area contributed by atoms with Gasteiger partial charge >= 0.3 is 0 Å². The van der Waals surface area contributed by atoms with Crippen LogP contribution in [-0.4, -0.2) is 20.0 Å². The summed E-state index contributed by atoms with van der Waals surface area (Å²) in [5.41, 5.74) is 4.73. The van der Waals surface area contributed by atoms with Crippen LogP contribution in [0.1, 0.15) is 75.4 Å². The van der Waals surface area contributed by atoms with Crippen molar-refractivity contribution >= 4 is 21.6 Å². The highest BCUT2D eigenvalue weighted by molar-refractivity contribution is 7.89. The third-order valence-corrected chi connectivity index (χ3v) is 8.59. The summed E-state index contributed by atoms with van der Waals surface area (Å²) in [6.07, 6.45) is 2.73. The fraction of sp³-hybridized carbons (Fsp3) is 0.333. The number of sulfonamides is 1. The third kappa shape index (κ3) is 3.46. The lowest BCUT2D eigenvalue weighted by Crippen LogP contribution is -2.29. The number of hydrogen-bond donors (Lipinski definition) is 1. The predicted molar refractivity (Wildman–Crippen MR) is 129 cm³/mol. The van der Waals surface area contributed by atoms with Crippen molar-refractivity contribution in [2.75, 3.05) is 0 Å². The molecular formula is C27H27NO5S. The number of carbonyl (C=O) groups excluding carboxylic acids is 2. The van der Waals surface area contributed by atoms with Crippen LogP contribution in [0.5, 0.6) is 0 Å². The first-order valence-corrected chi connectivity index (χ1v) is 12.9. The monoisotopic (exact) mass is 477 g/mol. The predicted octanol–water partition coefficient (Wildman–Crippen LogP) is 5.03. The fourth-order valence-corrected chi connectivity index (χ4v) is 6.19. The number of nitrogens with one attached hydrogen (secondary N) is 1. The summed E-state index contributed by atoms with van der Waals surface area (Å²) in [5, 5.41) is 0. The smallest absolute Gasteiger partial charge is 0.240 e. The maximum atomic E-state index is 13.3. The van der Waals surface area contributed by atoms with E-state index in [1.807, 2.05) is 19.1 Å². The lowest BCUT2D eigenvalue weighted by molar-refractivity contribution is 0.0813. The van der Waals surface area contributed by atoms with Crippen molar-refractivity contribution in [1.82, 2.24) is 4.72 Å². The van der Waals surface area contributed by atoms with Gasteiger partial charge in [0, 0.05) is 16.7 Å². The Bertz CT molecular complexity index is 1460. The van der Waals surface area contributed by atoms with Crippen molar-refractivity contribution in [2.24, 2.45) is 0 Å². The van der Waals surface area contributed by atoms with E-state index in [9.17, 15) is 18.0 Å². The molecule has 5 rings (SSSR count). The summed E-state index contributed by atoms with van der Waals surface area (Å²) in [5.74, 6) is -0.415. The van der Waals surface area contributed by atoms with Gasteiger partial charge in [0.05, 0.1) is 17.0 Å². The highest BCUT2D eigenvalue weighted by atomic mass is 32.2. The normalized spacial score (nSPS) is 16.7. The van der Waals surface area contributed by atoms with Crippen LogP contribution >= 0.6 is 0 Å². The minimum Gasteiger partial charge on any atom is -0.459 e. The zero-order chi connectivity index (χ0) is 24.4. The van der Waals surface area contributed by atoms with Gasteiger partial charge in [0.1, 0.15) is 11.5 Å². The van der Waals surface area contributed by atoms with E-state index in [2.05, 4.69) is 18.6 Å². The number of ketones is 2. The molecule has 0 fully saturated rings. The van der Waals surface area contributed by atoms with Crippen LogP contribution in [0, 0.1) is 13.8 Å². The molecule has 1 aromatic heterocycles. The number of aryl methyl sites for hydroxylation is 1. The summed E-state index contributed by atoms with van der Waals surface area (Å²) in [7, 11) is -3.77. The van der Waals surface area contributed by atoms with E-state index in [4.69, 9.17) is 4.42 Å². The number of rotatable bonds is 4. The van der Waals surface area contributed by atoms with Crippen LogP contribution < -0.4 is 4.72 Å². The Morgan fingerprint density at radius 3 is 2.35 bits per heavy atom. The molecule has 1 heterocycles. The molecule has 176 valence electrons. The van der Waals surface area contributed by atoms with Crippen molar-refractivity contribution in [3.05, 3.63) is 75.5 Å². The van der Waals surface area contributed by atoms with Gasteiger partial charge in [-0.05, 0) is 61.8 Å². The van der Waals surface area contributed by atoms with Gasteiger partial charge in [0.25, 0.3) is 0 Å². The van der Waals surface area contributed by atoms with Gasteiger partial charge < -0.3 is 4.42 Å². The lowest BCUT2D eigenvalue weighted by Gasteiger charge is -2.34. The van der Waals surface area contributed by atoms with Gasteiger partial charge in [-0.3, -0.25) is 9.59 Å². The highest BCUT2D eigenvalue weighted by Crippen LogP contribution is 2.45. The van der Waals surface area contributed by atoms with Crippen LogP contribution in [0.3, 0.4) is 0 Å². The first-order chi connectivity index (χ1) is 16.0. The largest absolute Gasteiger partial charge is 0.459 e. The van der Waals surface area contributed by atoms with Crippen molar-refractivity contribution in [3.63, 3.8) is 0 Å². The standard InChI is InChI=1S/C27H27NO5S/c1-15-7-9-17(10-8-15)34(31,32)28-14-21-16(2)22-24(29)25(30)23-18-6-5-13-27(3,4)20(18)12-11-19(23)26(22)33-21/h7-12,28H,5-6,13-14H2,1-4H3. The second-order valence-corrected chi connectivity index (χ2v) is 11.7. The molecule has 1 N–H and O–H groups in total. The van der Waals surface area contributed by atoms with E-state index in [-0.39, 0.29) is 22.4 Å². The third-order valence-electron chi connectivity index (χ3n) is 7.18. The van der Waals surface area contributed by atoms with Crippen LogP contribution in [0.25, 0.3) is 11.3 Å². The molecule has 0 amide bonds.